The Kier molecular flexibility index (Phi) is 5.50. The van der Waals surface area contributed by atoms with Gasteiger partial charge in [0.25, 0.3) is 0 Å². The molecule has 0 spiro atoms. The second-order valence-electron chi connectivity index (χ2n) is 6.61. The Balaban J connectivity index is 1.87. The number of ether oxygens (including phenoxy) is 1. The van der Waals surface area contributed by atoms with Crippen LogP contribution in [0.2, 0.25) is 0 Å². The third kappa shape index (κ3) is 3.71. The van der Waals surface area contributed by atoms with E-state index in [9.17, 15) is 0 Å². The fourth-order valence-corrected chi connectivity index (χ4v) is 3.23. The van der Waals surface area contributed by atoms with E-state index in [0.29, 0.717) is 18.2 Å². The van der Waals surface area contributed by atoms with Crippen LogP contribution in [0.25, 0.3) is 0 Å². The number of nitrogens with one attached hydrogen (secondary N) is 1. The first kappa shape index (κ1) is 14.3. The Labute approximate surface area is 113 Å². The molecule has 2 heteroatoms. The molecule has 18 heavy (non-hydrogen) atoms. The van der Waals surface area contributed by atoms with E-state index in [4.69, 9.17) is 4.74 Å². The van der Waals surface area contributed by atoms with Crippen molar-refractivity contribution in [1.29, 1.82) is 0 Å². The van der Waals surface area contributed by atoms with Gasteiger partial charge in [-0.2, -0.15) is 0 Å². The smallest absolute Gasteiger partial charge is 0.0734 e. The van der Waals surface area contributed by atoms with E-state index >= 15 is 0 Å². The van der Waals surface area contributed by atoms with Crippen molar-refractivity contribution in [2.24, 2.45) is 11.8 Å². The summed E-state index contributed by atoms with van der Waals surface area (Å²) >= 11 is 0. The summed E-state index contributed by atoms with van der Waals surface area (Å²) in [6, 6.07) is 0.612. The van der Waals surface area contributed by atoms with Crippen LogP contribution in [0.15, 0.2) is 0 Å². The average molecular weight is 253 g/mol. The van der Waals surface area contributed by atoms with Gasteiger partial charge in [-0.1, -0.05) is 20.8 Å². The standard InChI is InChI=1S/C16H31NO/c1-4-10-17-15-9-8-13(12(2)3)11-16(15)18-14-6-5-7-14/h12-17H,4-11H2,1-3H3. The molecule has 2 aliphatic carbocycles. The van der Waals surface area contributed by atoms with Crippen molar-refractivity contribution in [3.05, 3.63) is 0 Å². The third-order valence-electron chi connectivity index (χ3n) is 4.85. The van der Waals surface area contributed by atoms with E-state index in [0.717, 1.165) is 18.4 Å². The van der Waals surface area contributed by atoms with Crippen molar-refractivity contribution in [2.75, 3.05) is 6.54 Å². The molecule has 2 aliphatic rings. The second-order valence-corrected chi connectivity index (χ2v) is 6.61. The van der Waals surface area contributed by atoms with Gasteiger partial charge < -0.3 is 10.1 Å². The van der Waals surface area contributed by atoms with E-state index in [-0.39, 0.29) is 0 Å². The lowest BCUT2D eigenvalue weighted by Gasteiger charge is -2.41. The quantitative estimate of drug-likeness (QED) is 0.778. The first-order valence-electron chi connectivity index (χ1n) is 8.09. The molecule has 2 saturated carbocycles. The fraction of sp³-hybridized carbons (Fsp3) is 1.00. The van der Waals surface area contributed by atoms with E-state index in [1.54, 1.807) is 0 Å². The molecular formula is C16H31NO. The van der Waals surface area contributed by atoms with Crippen LogP contribution in [0.4, 0.5) is 0 Å². The SMILES string of the molecule is CCCNC1CCC(C(C)C)CC1OC1CCC1. The molecular weight excluding hydrogens is 222 g/mol. The largest absolute Gasteiger partial charge is 0.373 e. The van der Waals surface area contributed by atoms with Gasteiger partial charge >= 0.3 is 0 Å². The van der Waals surface area contributed by atoms with Gasteiger partial charge in [0, 0.05) is 6.04 Å². The highest BCUT2D eigenvalue weighted by molar-refractivity contribution is 4.88. The van der Waals surface area contributed by atoms with Crippen molar-refractivity contribution in [2.45, 2.75) is 84.0 Å². The maximum absolute atomic E-state index is 6.35. The summed E-state index contributed by atoms with van der Waals surface area (Å²) in [7, 11) is 0. The molecule has 2 rings (SSSR count). The van der Waals surface area contributed by atoms with E-state index in [1.165, 1.54) is 44.9 Å². The Morgan fingerprint density at radius 1 is 1.17 bits per heavy atom. The number of hydrogen-bond acceptors (Lipinski definition) is 2. The van der Waals surface area contributed by atoms with Crippen LogP contribution in [0.1, 0.15) is 65.7 Å². The summed E-state index contributed by atoms with van der Waals surface area (Å²) in [6.45, 7) is 8.12. The molecule has 0 amide bonds. The minimum atomic E-state index is 0.475. The van der Waals surface area contributed by atoms with Crippen molar-refractivity contribution in [3.63, 3.8) is 0 Å². The summed E-state index contributed by atoms with van der Waals surface area (Å²) in [5, 5.41) is 3.71. The van der Waals surface area contributed by atoms with Gasteiger partial charge in [0.05, 0.1) is 12.2 Å². The first-order chi connectivity index (χ1) is 8.70. The normalized spacial score (nSPS) is 33.7. The van der Waals surface area contributed by atoms with Crippen molar-refractivity contribution >= 4 is 0 Å². The van der Waals surface area contributed by atoms with Gasteiger partial charge in [0.1, 0.15) is 0 Å². The zero-order valence-electron chi connectivity index (χ0n) is 12.5. The molecule has 2 fully saturated rings. The lowest BCUT2D eigenvalue weighted by molar-refractivity contribution is -0.0896. The molecule has 3 unspecified atom stereocenters. The highest BCUT2D eigenvalue weighted by Crippen LogP contribution is 2.34. The highest BCUT2D eigenvalue weighted by Gasteiger charge is 2.34. The maximum Gasteiger partial charge on any atom is 0.0734 e. The number of hydrogen-bond donors (Lipinski definition) is 1. The average Bonchev–Trinajstić information content (AvgIpc) is 2.31. The van der Waals surface area contributed by atoms with Crippen molar-refractivity contribution in [1.82, 2.24) is 5.32 Å². The summed E-state index contributed by atoms with van der Waals surface area (Å²) in [6.07, 6.45) is 10.2. The maximum atomic E-state index is 6.35. The van der Waals surface area contributed by atoms with Gasteiger partial charge in [-0.15, -0.1) is 0 Å². The predicted molar refractivity (Wildman–Crippen MR) is 76.8 cm³/mol. The zero-order chi connectivity index (χ0) is 13.0. The Morgan fingerprint density at radius 3 is 2.50 bits per heavy atom. The molecule has 106 valence electrons. The molecule has 0 heterocycles. The molecule has 2 nitrogen and oxygen atoms in total. The second kappa shape index (κ2) is 6.91. The summed E-state index contributed by atoms with van der Waals surface area (Å²) in [4.78, 5) is 0. The van der Waals surface area contributed by atoms with Crippen LogP contribution in [-0.4, -0.2) is 24.8 Å². The van der Waals surface area contributed by atoms with Crippen LogP contribution in [0.5, 0.6) is 0 Å². The van der Waals surface area contributed by atoms with Crippen LogP contribution in [0, 0.1) is 11.8 Å². The molecule has 0 aromatic heterocycles. The van der Waals surface area contributed by atoms with Gasteiger partial charge in [-0.05, 0) is 63.3 Å². The molecule has 3 atom stereocenters. The van der Waals surface area contributed by atoms with Gasteiger partial charge in [0.2, 0.25) is 0 Å². The van der Waals surface area contributed by atoms with E-state index in [2.05, 4.69) is 26.1 Å². The topological polar surface area (TPSA) is 21.3 Å². The molecule has 0 aromatic carbocycles. The Morgan fingerprint density at radius 2 is 1.94 bits per heavy atom. The van der Waals surface area contributed by atoms with Crippen molar-refractivity contribution in [3.8, 4) is 0 Å². The predicted octanol–water partition coefficient (Wildman–Crippen LogP) is 3.75. The minimum Gasteiger partial charge on any atom is -0.373 e. The van der Waals surface area contributed by atoms with Gasteiger partial charge in [0.15, 0.2) is 0 Å². The Hall–Kier alpha value is -0.0800. The summed E-state index contributed by atoms with van der Waals surface area (Å²) in [5.74, 6) is 1.68. The summed E-state index contributed by atoms with van der Waals surface area (Å²) < 4.78 is 6.35. The fourth-order valence-electron chi connectivity index (χ4n) is 3.23. The summed E-state index contributed by atoms with van der Waals surface area (Å²) in [5.41, 5.74) is 0. The van der Waals surface area contributed by atoms with Crippen LogP contribution >= 0.6 is 0 Å². The lowest BCUT2D eigenvalue weighted by Crippen LogP contribution is -2.48. The van der Waals surface area contributed by atoms with E-state index in [1.807, 2.05) is 0 Å². The van der Waals surface area contributed by atoms with Gasteiger partial charge in [-0.25, -0.2) is 0 Å². The minimum absolute atomic E-state index is 0.475. The van der Waals surface area contributed by atoms with Crippen LogP contribution in [-0.2, 0) is 4.74 Å². The molecule has 0 saturated heterocycles. The van der Waals surface area contributed by atoms with Crippen LogP contribution in [0.3, 0.4) is 0 Å². The van der Waals surface area contributed by atoms with Crippen LogP contribution < -0.4 is 5.32 Å². The molecule has 0 bridgehead atoms. The van der Waals surface area contributed by atoms with Gasteiger partial charge in [-0.3, -0.25) is 0 Å². The molecule has 1 N–H and O–H groups in total. The molecule has 0 radical (unpaired) electrons. The number of rotatable bonds is 6. The first-order valence-corrected chi connectivity index (χ1v) is 8.09. The highest BCUT2D eigenvalue weighted by atomic mass is 16.5. The molecule has 0 aromatic rings. The third-order valence-corrected chi connectivity index (χ3v) is 4.85. The Bertz CT molecular complexity index is 237. The lowest BCUT2D eigenvalue weighted by atomic mass is 9.77. The zero-order valence-corrected chi connectivity index (χ0v) is 12.5. The molecule has 0 aliphatic heterocycles. The van der Waals surface area contributed by atoms with Crippen molar-refractivity contribution < 1.29 is 4.74 Å². The van der Waals surface area contributed by atoms with E-state index < -0.39 is 0 Å². The monoisotopic (exact) mass is 253 g/mol.